The molecule has 1 aromatic carbocycles. The van der Waals surface area contributed by atoms with E-state index in [1.54, 1.807) is 22.7 Å². The van der Waals surface area contributed by atoms with Gasteiger partial charge in [0.15, 0.2) is 0 Å². The number of carbonyl (C=O) groups excluding carboxylic acids is 1. The van der Waals surface area contributed by atoms with E-state index in [1.807, 2.05) is 38.1 Å². The summed E-state index contributed by atoms with van der Waals surface area (Å²) in [5, 5.41) is 3.50. The number of nitrogens with one attached hydrogen (secondary N) is 1. The molecule has 22 heavy (non-hydrogen) atoms. The highest BCUT2D eigenvalue weighted by Gasteiger charge is 2.16. The van der Waals surface area contributed by atoms with Crippen molar-refractivity contribution in [2.75, 3.05) is 0 Å². The number of aryl methyl sites for hydroxylation is 2. The summed E-state index contributed by atoms with van der Waals surface area (Å²) in [6.07, 6.45) is 1.71. The van der Waals surface area contributed by atoms with Crippen LogP contribution in [0.1, 0.15) is 27.3 Å². The molecule has 3 aromatic rings. The highest BCUT2D eigenvalue weighted by Crippen LogP contribution is 2.16. The van der Waals surface area contributed by atoms with E-state index >= 15 is 0 Å². The molecule has 0 aliphatic heterocycles. The third kappa shape index (κ3) is 2.83. The highest BCUT2D eigenvalue weighted by molar-refractivity contribution is 6.30. The molecule has 1 N–H and O–H groups in total. The van der Waals surface area contributed by atoms with E-state index in [2.05, 4.69) is 10.3 Å². The second kappa shape index (κ2) is 5.81. The van der Waals surface area contributed by atoms with Crippen molar-refractivity contribution < 1.29 is 4.79 Å². The van der Waals surface area contributed by atoms with Gasteiger partial charge in [-0.1, -0.05) is 41.4 Å². The number of nitrogens with zero attached hydrogens (tertiary/aromatic N) is 2. The maximum absolute atomic E-state index is 12.5. The molecule has 0 radical (unpaired) electrons. The molecule has 112 valence electrons. The number of hydrogen-bond acceptors (Lipinski definition) is 2. The summed E-state index contributed by atoms with van der Waals surface area (Å²) in [5.41, 5.74) is 4.17. The fourth-order valence-electron chi connectivity index (χ4n) is 2.38. The number of imidazole rings is 1. The molecule has 4 nitrogen and oxygen atoms in total. The summed E-state index contributed by atoms with van der Waals surface area (Å²) in [6, 6.07) is 11.6. The van der Waals surface area contributed by atoms with Crippen LogP contribution in [-0.4, -0.2) is 15.3 Å². The van der Waals surface area contributed by atoms with E-state index < -0.39 is 0 Å². The largest absolute Gasteiger partial charge is 0.347 e. The molecule has 0 fully saturated rings. The number of rotatable bonds is 3. The molecule has 0 saturated carbocycles. The van der Waals surface area contributed by atoms with Crippen LogP contribution < -0.4 is 5.32 Å². The average molecular weight is 314 g/mol. The number of amides is 1. The van der Waals surface area contributed by atoms with E-state index in [0.717, 1.165) is 5.56 Å². The zero-order chi connectivity index (χ0) is 15.7. The number of halogens is 1. The second-order valence-electron chi connectivity index (χ2n) is 5.29. The summed E-state index contributed by atoms with van der Waals surface area (Å²) < 4.78 is 1.72. The SMILES string of the molecule is Cc1ccc(CNC(=O)c2c(C)nc3ccc(Cl)cn23)cc1. The summed E-state index contributed by atoms with van der Waals surface area (Å²) >= 11 is 6.01. The van der Waals surface area contributed by atoms with Gasteiger partial charge in [-0.3, -0.25) is 9.20 Å². The van der Waals surface area contributed by atoms with Crippen molar-refractivity contribution >= 4 is 23.2 Å². The Morgan fingerprint density at radius 1 is 1.18 bits per heavy atom. The summed E-state index contributed by atoms with van der Waals surface area (Å²) in [4.78, 5) is 16.9. The molecule has 2 heterocycles. The van der Waals surface area contributed by atoms with Crippen LogP contribution in [0, 0.1) is 13.8 Å². The lowest BCUT2D eigenvalue weighted by Crippen LogP contribution is -2.25. The minimum atomic E-state index is -0.159. The van der Waals surface area contributed by atoms with Crippen molar-refractivity contribution in [1.29, 1.82) is 0 Å². The molecule has 0 aliphatic carbocycles. The van der Waals surface area contributed by atoms with Crippen molar-refractivity contribution in [3.8, 4) is 0 Å². The summed E-state index contributed by atoms with van der Waals surface area (Å²) in [6.45, 7) is 4.34. The number of carbonyl (C=O) groups is 1. The summed E-state index contributed by atoms with van der Waals surface area (Å²) in [7, 11) is 0. The number of fused-ring (bicyclic) bond motifs is 1. The van der Waals surface area contributed by atoms with Crippen LogP contribution in [0.2, 0.25) is 5.02 Å². The number of hydrogen-bond donors (Lipinski definition) is 1. The lowest BCUT2D eigenvalue weighted by molar-refractivity contribution is 0.0944. The molecule has 0 saturated heterocycles. The normalized spacial score (nSPS) is 10.9. The lowest BCUT2D eigenvalue weighted by atomic mass is 10.1. The zero-order valence-electron chi connectivity index (χ0n) is 12.4. The van der Waals surface area contributed by atoms with Gasteiger partial charge in [0, 0.05) is 12.7 Å². The van der Waals surface area contributed by atoms with Crippen LogP contribution in [0.15, 0.2) is 42.6 Å². The third-order valence-electron chi connectivity index (χ3n) is 3.55. The number of pyridine rings is 1. The first-order valence-corrected chi connectivity index (χ1v) is 7.40. The van der Waals surface area contributed by atoms with Crippen molar-refractivity contribution in [3.05, 3.63) is 70.1 Å². The Kier molecular flexibility index (Phi) is 3.86. The van der Waals surface area contributed by atoms with E-state index in [1.165, 1.54) is 5.56 Å². The van der Waals surface area contributed by atoms with Gasteiger partial charge in [0.1, 0.15) is 11.3 Å². The van der Waals surface area contributed by atoms with E-state index in [9.17, 15) is 4.79 Å². The second-order valence-corrected chi connectivity index (χ2v) is 5.73. The molecule has 0 spiro atoms. The fraction of sp³-hybridized carbons (Fsp3) is 0.176. The fourth-order valence-corrected chi connectivity index (χ4v) is 2.54. The third-order valence-corrected chi connectivity index (χ3v) is 3.77. The van der Waals surface area contributed by atoms with Crippen LogP contribution in [0.5, 0.6) is 0 Å². The van der Waals surface area contributed by atoms with Gasteiger partial charge in [0.25, 0.3) is 5.91 Å². The van der Waals surface area contributed by atoms with E-state index in [0.29, 0.717) is 28.6 Å². The van der Waals surface area contributed by atoms with Gasteiger partial charge in [-0.15, -0.1) is 0 Å². The summed E-state index contributed by atoms with van der Waals surface area (Å²) in [5.74, 6) is -0.159. The first-order valence-electron chi connectivity index (χ1n) is 7.02. The Bertz CT molecular complexity index is 837. The predicted octanol–water partition coefficient (Wildman–Crippen LogP) is 3.53. The lowest BCUT2D eigenvalue weighted by Gasteiger charge is -2.07. The maximum atomic E-state index is 12.5. The van der Waals surface area contributed by atoms with E-state index in [-0.39, 0.29) is 5.91 Å². The van der Waals surface area contributed by atoms with Gasteiger partial charge >= 0.3 is 0 Å². The topological polar surface area (TPSA) is 46.4 Å². The Labute approximate surface area is 133 Å². The van der Waals surface area contributed by atoms with Gasteiger partial charge in [0.05, 0.1) is 10.7 Å². The Morgan fingerprint density at radius 2 is 1.91 bits per heavy atom. The van der Waals surface area contributed by atoms with Crippen LogP contribution in [0.4, 0.5) is 0 Å². The van der Waals surface area contributed by atoms with Crippen LogP contribution in [0.25, 0.3) is 5.65 Å². The van der Waals surface area contributed by atoms with Crippen LogP contribution >= 0.6 is 11.6 Å². The van der Waals surface area contributed by atoms with Gasteiger partial charge in [-0.25, -0.2) is 4.98 Å². The molecule has 5 heteroatoms. The standard InChI is InChI=1S/C17H16ClN3O/c1-11-3-5-13(6-4-11)9-19-17(22)16-12(2)20-15-8-7-14(18)10-21(15)16/h3-8,10H,9H2,1-2H3,(H,19,22). The Morgan fingerprint density at radius 3 is 2.64 bits per heavy atom. The van der Waals surface area contributed by atoms with Crippen molar-refractivity contribution in [3.63, 3.8) is 0 Å². The first-order chi connectivity index (χ1) is 10.5. The smallest absolute Gasteiger partial charge is 0.270 e. The molecule has 0 aliphatic rings. The molecule has 0 atom stereocenters. The molecule has 0 unspecified atom stereocenters. The quantitative estimate of drug-likeness (QED) is 0.804. The van der Waals surface area contributed by atoms with Gasteiger partial charge in [0.2, 0.25) is 0 Å². The Balaban J connectivity index is 1.84. The maximum Gasteiger partial charge on any atom is 0.270 e. The monoisotopic (exact) mass is 313 g/mol. The Hall–Kier alpha value is -2.33. The first kappa shape index (κ1) is 14.6. The molecule has 3 rings (SSSR count). The van der Waals surface area contributed by atoms with Crippen molar-refractivity contribution in [2.45, 2.75) is 20.4 Å². The van der Waals surface area contributed by atoms with E-state index in [4.69, 9.17) is 11.6 Å². The molecular formula is C17H16ClN3O. The van der Waals surface area contributed by atoms with Crippen molar-refractivity contribution in [2.24, 2.45) is 0 Å². The van der Waals surface area contributed by atoms with Gasteiger partial charge < -0.3 is 5.32 Å². The van der Waals surface area contributed by atoms with Gasteiger partial charge in [-0.05, 0) is 31.5 Å². The predicted molar refractivity (Wildman–Crippen MR) is 87.3 cm³/mol. The average Bonchev–Trinajstić information content (AvgIpc) is 2.81. The van der Waals surface area contributed by atoms with Crippen molar-refractivity contribution in [1.82, 2.24) is 14.7 Å². The highest BCUT2D eigenvalue weighted by atomic mass is 35.5. The number of aromatic nitrogens is 2. The zero-order valence-corrected chi connectivity index (χ0v) is 13.2. The van der Waals surface area contributed by atoms with Gasteiger partial charge in [-0.2, -0.15) is 0 Å². The van der Waals surface area contributed by atoms with Crippen LogP contribution in [-0.2, 0) is 6.54 Å². The molecule has 1 amide bonds. The molecular weight excluding hydrogens is 298 g/mol. The minimum Gasteiger partial charge on any atom is -0.347 e. The number of benzene rings is 1. The van der Waals surface area contributed by atoms with Crippen LogP contribution in [0.3, 0.4) is 0 Å². The minimum absolute atomic E-state index is 0.159. The molecule has 0 bridgehead atoms. The molecule has 2 aromatic heterocycles.